The molecule has 0 unspecified atom stereocenters. The summed E-state index contributed by atoms with van der Waals surface area (Å²) < 4.78 is 50.0. The molecule has 2 aliphatic rings. The molecule has 2 aliphatic heterocycles. The molecule has 0 atom stereocenters. The van der Waals surface area contributed by atoms with Crippen molar-refractivity contribution in [3.05, 3.63) is 286 Å². The van der Waals surface area contributed by atoms with Crippen LogP contribution in [0.2, 0.25) is 0 Å². The Kier molecular flexibility index (Phi) is 18.0. The summed E-state index contributed by atoms with van der Waals surface area (Å²) in [5.74, 6) is 0. The summed E-state index contributed by atoms with van der Waals surface area (Å²) >= 11 is 0. The van der Waals surface area contributed by atoms with Gasteiger partial charge in [-0.25, -0.2) is 0 Å². The zero-order chi connectivity index (χ0) is 88.2. The third-order valence-corrected chi connectivity index (χ3v) is 25.0. The van der Waals surface area contributed by atoms with Gasteiger partial charge in [0.15, 0.2) is 0 Å². The molecule has 0 saturated heterocycles. The Morgan fingerprint density at radius 3 is 1.01 bits per heavy atom. The minimum absolute atomic E-state index is 0.115. The van der Waals surface area contributed by atoms with Crippen LogP contribution in [0.4, 0.5) is 34.1 Å². The number of hydrogen-bond acceptors (Lipinski definition) is 2. The molecule has 0 bridgehead atoms. The van der Waals surface area contributed by atoms with E-state index in [0.717, 1.165) is 117 Å². The fourth-order valence-electron chi connectivity index (χ4n) is 17.5. The summed E-state index contributed by atoms with van der Waals surface area (Å²) in [6.45, 7) is 69.3. The molecule has 594 valence electrons. The molecule has 1 aromatic heterocycles. The number of hydrogen-bond donors (Lipinski definition) is 0. The van der Waals surface area contributed by atoms with Gasteiger partial charge >= 0.3 is 0 Å². The van der Waals surface area contributed by atoms with Crippen LogP contribution >= 0.6 is 0 Å². The van der Waals surface area contributed by atoms with Crippen molar-refractivity contribution < 1.29 is 6.85 Å². The molecule has 0 radical (unpaired) electrons. The second-order valence-electron chi connectivity index (χ2n) is 44.2. The lowest BCUT2D eigenvalue weighted by Gasteiger charge is -2.47. The summed E-state index contributed by atoms with van der Waals surface area (Å²) in [7, 11) is 0. The summed E-state index contributed by atoms with van der Waals surface area (Å²) in [6.07, 6.45) is 0. The van der Waals surface area contributed by atoms with E-state index < -0.39 is 18.2 Å². The van der Waals surface area contributed by atoms with E-state index in [4.69, 9.17) is 1.37 Å². The predicted octanol–water partition coefficient (Wildman–Crippen LogP) is 30.2. The number of fused-ring (bicyclic) bond motifs is 7. The molecule has 3 nitrogen and oxygen atoms in total. The Bertz CT molecular complexity index is 6190. The Labute approximate surface area is 705 Å². The van der Waals surface area contributed by atoms with Crippen LogP contribution in [-0.4, -0.2) is 11.3 Å². The molecule has 4 heteroatoms. The third-order valence-electron chi connectivity index (χ3n) is 25.0. The number of para-hydroxylation sites is 1. The smallest absolute Gasteiger partial charge is 0.252 e. The van der Waals surface area contributed by atoms with E-state index in [9.17, 15) is 5.48 Å². The molecule has 15 rings (SSSR count). The number of nitrogens with zero attached hydrogens (tertiary/aromatic N) is 3. The number of benzene rings is 12. The van der Waals surface area contributed by atoms with Crippen LogP contribution in [0.15, 0.2) is 230 Å². The normalized spacial score (nSPS) is 14.5. The van der Waals surface area contributed by atoms with Crippen LogP contribution in [0.5, 0.6) is 0 Å². The molecule has 0 aliphatic carbocycles. The monoisotopic (exact) mass is 1530 g/mol. The maximum absolute atomic E-state index is 9.87. The van der Waals surface area contributed by atoms with Crippen molar-refractivity contribution >= 4 is 79.0 Å². The quantitative estimate of drug-likeness (QED) is 0.141. The lowest BCUT2D eigenvalue weighted by atomic mass is 9.33. The van der Waals surface area contributed by atoms with Gasteiger partial charge < -0.3 is 14.4 Å². The highest BCUT2D eigenvalue weighted by Gasteiger charge is 2.47. The van der Waals surface area contributed by atoms with E-state index >= 15 is 0 Å². The molecule has 116 heavy (non-hydrogen) atoms. The Morgan fingerprint density at radius 2 is 0.603 bits per heavy atom. The highest BCUT2D eigenvalue weighted by atomic mass is 15.2. The van der Waals surface area contributed by atoms with Crippen LogP contribution < -0.4 is 26.2 Å². The van der Waals surface area contributed by atoms with Gasteiger partial charge in [-0.2, -0.15) is 0 Å². The van der Waals surface area contributed by atoms with E-state index in [1.165, 1.54) is 60.8 Å². The van der Waals surface area contributed by atoms with Gasteiger partial charge in [0.2, 0.25) is 0 Å². The van der Waals surface area contributed by atoms with Crippen LogP contribution in [0.25, 0.3) is 83.1 Å². The Balaban J connectivity index is 1.23. The Morgan fingerprint density at radius 1 is 0.250 bits per heavy atom. The predicted molar refractivity (Wildman–Crippen MR) is 509 cm³/mol. The molecule has 13 aromatic rings. The van der Waals surface area contributed by atoms with Crippen molar-refractivity contribution in [2.24, 2.45) is 0 Å². The Hall–Kier alpha value is -9.90. The summed E-state index contributed by atoms with van der Waals surface area (Å²) in [5.41, 5.74) is 31.9. The third kappa shape index (κ3) is 14.9. The van der Waals surface area contributed by atoms with Crippen molar-refractivity contribution in [3.8, 4) is 61.3 Å². The minimum atomic E-state index is -0.506. The standard InChI is InChI=1S/C112H128BN3/c1-103(2,3)76-45-39-70(40-46-76)86-37-34-38-87(75-57-82(109(19,20)21)62-83(58-75)110(22,23)24)101(86)115-96-60-73(74-55-80(107(13,14)15)61-81(56-74)108(16,17)18)44-52-92(96)113-93-51-43-72(69-35-32-31-33-36-69)59-97(93)116(102-88(71-41-47-77(48-42-71)104(4,5)6)65-84(111(25,26)27)66-91(102)112(28,29)30)99-68-85(67-98(115)100(99)113)114-94-53-49-78(105(7,8)9)63-89(94)90-64-79(106(10,11)12)50-54-95(90)114/h31-68H,1-30H3/i31D,32D,33D,35D,36D. The second kappa shape index (κ2) is 27.9. The van der Waals surface area contributed by atoms with Crippen LogP contribution in [0.3, 0.4) is 0 Å². The number of anilines is 6. The van der Waals surface area contributed by atoms with Crippen molar-refractivity contribution in [1.82, 2.24) is 4.57 Å². The van der Waals surface area contributed by atoms with Gasteiger partial charge in [-0.1, -0.05) is 384 Å². The van der Waals surface area contributed by atoms with E-state index in [0.29, 0.717) is 5.56 Å². The van der Waals surface area contributed by atoms with E-state index in [1.807, 2.05) is 6.07 Å². The zero-order valence-electron chi connectivity index (χ0n) is 80.5. The number of aromatic nitrogens is 1. The molecule has 0 amide bonds. The van der Waals surface area contributed by atoms with Crippen molar-refractivity contribution in [3.63, 3.8) is 0 Å². The van der Waals surface area contributed by atoms with Gasteiger partial charge in [0.1, 0.15) is 0 Å². The average molecular weight is 1530 g/mol. The second-order valence-corrected chi connectivity index (χ2v) is 44.2. The lowest BCUT2D eigenvalue weighted by molar-refractivity contribution is 0.568. The first-order valence-electron chi connectivity index (χ1n) is 45.0. The largest absolute Gasteiger partial charge is 0.310 e. The first kappa shape index (κ1) is 74.9. The maximum atomic E-state index is 9.87. The fraction of sp³-hybridized carbons (Fsp3) is 0.357. The van der Waals surface area contributed by atoms with Gasteiger partial charge in [-0.3, -0.25) is 0 Å². The molecule has 0 fully saturated rings. The van der Waals surface area contributed by atoms with E-state index in [1.54, 1.807) is 0 Å². The van der Waals surface area contributed by atoms with E-state index in [-0.39, 0.29) is 78.5 Å². The summed E-state index contributed by atoms with van der Waals surface area (Å²) in [4.78, 5) is 5.30. The summed E-state index contributed by atoms with van der Waals surface area (Å²) in [5, 5.41) is 2.35. The first-order chi connectivity index (χ1) is 55.9. The molecular formula is C112H128BN3. The van der Waals surface area contributed by atoms with Crippen LogP contribution in [0, 0.1) is 0 Å². The summed E-state index contributed by atoms with van der Waals surface area (Å²) in [6, 6.07) is 77.0. The van der Waals surface area contributed by atoms with Gasteiger partial charge in [-0.05, 0) is 220 Å². The highest BCUT2D eigenvalue weighted by molar-refractivity contribution is 7.00. The molecule has 12 aromatic carbocycles. The van der Waals surface area contributed by atoms with E-state index in [2.05, 4.69) is 416 Å². The van der Waals surface area contributed by atoms with Gasteiger partial charge in [0, 0.05) is 50.2 Å². The molecule has 0 N–H and O–H groups in total. The van der Waals surface area contributed by atoms with Crippen LogP contribution in [-0.2, 0) is 54.1 Å². The molecule has 0 saturated carbocycles. The van der Waals surface area contributed by atoms with Crippen molar-refractivity contribution in [2.75, 3.05) is 9.80 Å². The minimum Gasteiger partial charge on any atom is -0.310 e. The maximum Gasteiger partial charge on any atom is 0.252 e. The van der Waals surface area contributed by atoms with Gasteiger partial charge in [0.25, 0.3) is 6.71 Å². The zero-order valence-corrected chi connectivity index (χ0v) is 75.5. The first-order valence-corrected chi connectivity index (χ1v) is 42.5. The number of rotatable bonds is 8. The fourth-order valence-corrected chi connectivity index (χ4v) is 17.5. The highest BCUT2D eigenvalue weighted by Crippen LogP contribution is 2.56. The average Bonchev–Trinajstić information content (AvgIpc) is 1.35. The molecule has 0 spiro atoms. The topological polar surface area (TPSA) is 11.4 Å². The lowest BCUT2D eigenvalue weighted by Crippen LogP contribution is -2.61. The van der Waals surface area contributed by atoms with Crippen LogP contribution in [0.1, 0.15) is 270 Å². The molecular weight excluding hydrogens is 1400 g/mol. The molecule has 3 heterocycles. The van der Waals surface area contributed by atoms with Gasteiger partial charge in [-0.15, -0.1) is 0 Å². The van der Waals surface area contributed by atoms with Crippen molar-refractivity contribution in [1.29, 1.82) is 0 Å². The SMILES string of the molecule is [2H]c1c([2H])c([2H])c(-c2ccc3c(c2)N(c2c(-c4ccc(C(C)(C)C)cc4)cc(C(C)(C)C)cc2C(C)(C)C)c2cc(-n4c5ccc(C(C)(C)C)cc5c5cc(C(C)(C)C)ccc54)cc4c2B3c2ccc(-c3cc(C(C)(C)C)cc(C(C)(C)C)c3)cc2N4c2c(-c3ccc(C(C)(C)C)cc3)cccc2-c2cc(C(C)(C)C)cc(C(C)(C)C)c2)c([2H])c1[2H]. The van der Waals surface area contributed by atoms with Gasteiger partial charge in [0.05, 0.1) is 34.9 Å². The van der Waals surface area contributed by atoms with Crippen molar-refractivity contribution in [2.45, 2.75) is 262 Å².